The van der Waals surface area contributed by atoms with Crippen LogP contribution in [-0.2, 0) is 4.79 Å². The van der Waals surface area contributed by atoms with Crippen LogP contribution in [0.1, 0.15) is 17.3 Å². The van der Waals surface area contributed by atoms with E-state index in [1.807, 2.05) is 43.3 Å². The Balaban J connectivity index is 1.83. The van der Waals surface area contributed by atoms with Crippen molar-refractivity contribution in [2.24, 2.45) is 0 Å². The average molecular weight is 325 g/mol. The molecule has 24 heavy (non-hydrogen) atoms. The molecule has 6 nitrogen and oxygen atoms in total. The molecular formula is C18H19N3O3. The first kappa shape index (κ1) is 15.9. The standard InChI is InChI=1S/C18H19N3O3/c1-11-17(22)20-15-6-4-5-14(16(15)24-11)18(23)19-12-7-9-13(10-8-12)21(2)3/h4-11H,1-3H3,(H,19,23)(H,20,22). The summed E-state index contributed by atoms with van der Waals surface area (Å²) >= 11 is 0. The Labute approximate surface area is 140 Å². The summed E-state index contributed by atoms with van der Waals surface area (Å²) in [5.74, 6) is -0.112. The molecule has 0 saturated heterocycles. The lowest BCUT2D eigenvalue weighted by Crippen LogP contribution is -2.35. The van der Waals surface area contributed by atoms with Crippen LogP contribution in [0, 0.1) is 0 Å². The summed E-state index contributed by atoms with van der Waals surface area (Å²) < 4.78 is 5.61. The maximum absolute atomic E-state index is 12.6. The summed E-state index contributed by atoms with van der Waals surface area (Å²) in [4.78, 5) is 26.2. The summed E-state index contributed by atoms with van der Waals surface area (Å²) in [5, 5.41) is 5.59. The van der Waals surface area contributed by atoms with Crippen LogP contribution in [0.4, 0.5) is 17.1 Å². The summed E-state index contributed by atoms with van der Waals surface area (Å²) in [6.07, 6.45) is -0.633. The number of ether oxygens (including phenoxy) is 1. The van der Waals surface area contributed by atoms with E-state index in [1.54, 1.807) is 25.1 Å². The molecule has 1 atom stereocenters. The number of fused-ring (bicyclic) bond motifs is 1. The highest BCUT2D eigenvalue weighted by atomic mass is 16.5. The van der Waals surface area contributed by atoms with Crippen molar-refractivity contribution < 1.29 is 14.3 Å². The first-order chi connectivity index (χ1) is 11.5. The van der Waals surface area contributed by atoms with Crippen molar-refractivity contribution in [3.05, 3.63) is 48.0 Å². The summed E-state index contributed by atoms with van der Waals surface area (Å²) in [5.41, 5.74) is 2.63. The zero-order valence-electron chi connectivity index (χ0n) is 13.8. The van der Waals surface area contributed by atoms with Gasteiger partial charge in [0.25, 0.3) is 11.8 Å². The third-order valence-electron chi connectivity index (χ3n) is 3.82. The van der Waals surface area contributed by atoms with Crippen molar-refractivity contribution >= 4 is 28.9 Å². The van der Waals surface area contributed by atoms with E-state index in [0.29, 0.717) is 22.7 Å². The average Bonchev–Trinajstić information content (AvgIpc) is 2.56. The molecule has 1 heterocycles. The summed E-state index contributed by atoms with van der Waals surface area (Å²) in [6.45, 7) is 1.65. The van der Waals surface area contributed by atoms with Crippen molar-refractivity contribution in [3.63, 3.8) is 0 Å². The molecule has 124 valence electrons. The molecule has 3 rings (SSSR count). The molecule has 2 amide bonds. The third-order valence-corrected chi connectivity index (χ3v) is 3.82. The van der Waals surface area contributed by atoms with Crippen molar-refractivity contribution in [3.8, 4) is 5.75 Å². The lowest BCUT2D eigenvalue weighted by Gasteiger charge is -2.25. The Bertz CT molecular complexity index is 785. The van der Waals surface area contributed by atoms with Gasteiger partial charge in [0, 0.05) is 25.5 Å². The lowest BCUT2D eigenvalue weighted by atomic mass is 10.1. The largest absolute Gasteiger partial charge is 0.478 e. The van der Waals surface area contributed by atoms with Crippen LogP contribution in [0.3, 0.4) is 0 Å². The van der Waals surface area contributed by atoms with Gasteiger partial charge in [-0.05, 0) is 43.3 Å². The highest BCUT2D eigenvalue weighted by Gasteiger charge is 2.27. The number of rotatable bonds is 3. The Morgan fingerprint density at radius 3 is 2.54 bits per heavy atom. The van der Waals surface area contributed by atoms with Gasteiger partial charge in [0.1, 0.15) is 0 Å². The minimum absolute atomic E-state index is 0.223. The number of anilines is 3. The molecule has 0 aliphatic carbocycles. The van der Waals surface area contributed by atoms with E-state index in [9.17, 15) is 9.59 Å². The SMILES string of the molecule is CC1Oc2c(cccc2C(=O)Nc2ccc(N(C)C)cc2)NC1=O. The van der Waals surface area contributed by atoms with E-state index in [0.717, 1.165) is 5.69 Å². The van der Waals surface area contributed by atoms with Crippen molar-refractivity contribution in [2.45, 2.75) is 13.0 Å². The molecule has 2 N–H and O–H groups in total. The zero-order valence-corrected chi connectivity index (χ0v) is 13.8. The lowest BCUT2D eigenvalue weighted by molar-refractivity contribution is -0.122. The Kier molecular flexibility index (Phi) is 4.12. The van der Waals surface area contributed by atoms with E-state index in [2.05, 4.69) is 10.6 Å². The van der Waals surface area contributed by atoms with Crippen LogP contribution in [0.25, 0.3) is 0 Å². The van der Waals surface area contributed by atoms with Crippen LogP contribution < -0.4 is 20.3 Å². The van der Waals surface area contributed by atoms with Gasteiger partial charge >= 0.3 is 0 Å². The minimum Gasteiger partial charge on any atom is -0.478 e. The van der Waals surface area contributed by atoms with Crippen LogP contribution >= 0.6 is 0 Å². The van der Waals surface area contributed by atoms with Gasteiger partial charge in [0.2, 0.25) is 0 Å². The number of nitrogens with one attached hydrogen (secondary N) is 2. The van der Waals surface area contributed by atoms with Gasteiger partial charge in [0.15, 0.2) is 11.9 Å². The molecule has 0 saturated carbocycles. The highest BCUT2D eigenvalue weighted by molar-refractivity contribution is 6.09. The van der Waals surface area contributed by atoms with E-state index in [-0.39, 0.29) is 11.8 Å². The monoisotopic (exact) mass is 325 g/mol. The second kappa shape index (κ2) is 6.23. The number of para-hydroxylation sites is 1. The molecule has 1 aliphatic heterocycles. The number of hydrogen-bond acceptors (Lipinski definition) is 4. The molecule has 0 radical (unpaired) electrons. The number of nitrogens with zero attached hydrogens (tertiary/aromatic N) is 1. The fraction of sp³-hybridized carbons (Fsp3) is 0.222. The van der Waals surface area contributed by atoms with Crippen LogP contribution in [0.2, 0.25) is 0 Å². The van der Waals surface area contributed by atoms with Crippen LogP contribution in [0.15, 0.2) is 42.5 Å². The molecule has 2 aromatic carbocycles. The van der Waals surface area contributed by atoms with E-state index >= 15 is 0 Å². The van der Waals surface area contributed by atoms with Crippen LogP contribution in [0.5, 0.6) is 5.75 Å². The van der Waals surface area contributed by atoms with Crippen molar-refractivity contribution in [1.82, 2.24) is 0 Å². The highest BCUT2D eigenvalue weighted by Crippen LogP contribution is 2.33. The smallest absolute Gasteiger partial charge is 0.265 e. The summed E-state index contributed by atoms with van der Waals surface area (Å²) in [6, 6.07) is 12.6. The molecule has 1 unspecified atom stereocenters. The molecule has 6 heteroatoms. The fourth-order valence-corrected chi connectivity index (χ4v) is 2.45. The topological polar surface area (TPSA) is 70.7 Å². The Morgan fingerprint density at radius 1 is 1.17 bits per heavy atom. The number of carbonyl (C=O) groups excluding carboxylic acids is 2. The third kappa shape index (κ3) is 3.03. The maximum Gasteiger partial charge on any atom is 0.265 e. The number of amides is 2. The number of carbonyl (C=O) groups is 2. The Hall–Kier alpha value is -3.02. The van der Waals surface area contributed by atoms with Gasteiger partial charge in [0.05, 0.1) is 11.3 Å². The van der Waals surface area contributed by atoms with Gasteiger partial charge in [-0.3, -0.25) is 9.59 Å². The predicted octanol–water partition coefficient (Wildman–Crippen LogP) is 2.72. The van der Waals surface area contributed by atoms with Crippen molar-refractivity contribution in [1.29, 1.82) is 0 Å². The molecule has 0 bridgehead atoms. The van der Waals surface area contributed by atoms with Gasteiger partial charge in [-0.2, -0.15) is 0 Å². The normalized spacial score (nSPS) is 15.8. The molecule has 0 fully saturated rings. The quantitative estimate of drug-likeness (QED) is 0.910. The first-order valence-electron chi connectivity index (χ1n) is 7.65. The van der Waals surface area contributed by atoms with Gasteiger partial charge in [-0.15, -0.1) is 0 Å². The summed E-state index contributed by atoms with van der Waals surface area (Å²) in [7, 11) is 3.91. The zero-order chi connectivity index (χ0) is 17.3. The molecular weight excluding hydrogens is 306 g/mol. The molecule has 0 aromatic heterocycles. The van der Waals surface area contributed by atoms with E-state index < -0.39 is 6.10 Å². The second-order valence-corrected chi connectivity index (χ2v) is 5.83. The second-order valence-electron chi connectivity index (χ2n) is 5.83. The predicted molar refractivity (Wildman–Crippen MR) is 93.9 cm³/mol. The van der Waals surface area contributed by atoms with Gasteiger partial charge in [-0.1, -0.05) is 6.07 Å². The number of hydrogen-bond donors (Lipinski definition) is 2. The minimum atomic E-state index is -0.633. The molecule has 0 spiro atoms. The van der Waals surface area contributed by atoms with Gasteiger partial charge in [-0.25, -0.2) is 0 Å². The molecule has 2 aromatic rings. The number of benzene rings is 2. The van der Waals surface area contributed by atoms with E-state index in [1.165, 1.54) is 0 Å². The van der Waals surface area contributed by atoms with E-state index in [4.69, 9.17) is 4.74 Å². The fourth-order valence-electron chi connectivity index (χ4n) is 2.45. The van der Waals surface area contributed by atoms with Crippen LogP contribution in [-0.4, -0.2) is 32.0 Å². The maximum atomic E-state index is 12.6. The first-order valence-corrected chi connectivity index (χ1v) is 7.65. The van der Waals surface area contributed by atoms with Crippen molar-refractivity contribution in [2.75, 3.05) is 29.6 Å². The molecule has 1 aliphatic rings. The van der Waals surface area contributed by atoms with Gasteiger partial charge < -0.3 is 20.3 Å². The Morgan fingerprint density at radius 2 is 1.88 bits per heavy atom.